The van der Waals surface area contributed by atoms with Gasteiger partial charge in [0.2, 0.25) is 5.91 Å². The van der Waals surface area contributed by atoms with Gasteiger partial charge in [0.05, 0.1) is 22.0 Å². The van der Waals surface area contributed by atoms with Crippen LogP contribution >= 0.6 is 0 Å². The van der Waals surface area contributed by atoms with Gasteiger partial charge in [-0.25, -0.2) is 13.4 Å². The third-order valence-electron chi connectivity index (χ3n) is 5.16. The molecule has 0 aliphatic heterocycles. The zero-order valence-electron chi connectivity index (χ0n) is 16.6. The summed E-state index contributed by atoms with van der Waals surface area (Å²) < 4.78 is 25.3. The summed E-state index contributed by atoms with van der Waals surface area (Å²) in [6, 6.07) is 14.4. The number of hydrogen-bond acceptors (Lipinski definition) is 4. The van der Waals surface area contributed by atoms with Crippen LogP contribution in [0.25, 0.3) is 11.0 Å². The number of aromatic nitrogens is 2. The zero-order chi connectivity index (χ0) is 20.5. The number of fused-ring (bicyclic) bond motifs is 1. The highest BCUT2D eigenvalue weighted by atomic mass is 32.2. The van der Waals surface area contributed by atoms with E-state index in [1.54, 1.807) is 36.2 Å². The van der Waals surface area contributed by atoms with Crippen LogP contribution in [-0.4, -0.2) is 42.1 Å². The average Bonchev–Trinajstić information content (AvgIpc) is 2.99. The minimum Gasteiger partial charge on any atom is -0.339 e. The second kappa shape index (κ2) is 7.75. The fourth-order valence-electron chi connectivity index (χ4n) is 3.30. The lowest BCUT2D eigenvalue weighted by molar-refractivity contribution is -0.132. The predicted molar refractivity (Wildman–Crippen MR) is 110 cm³/mol. The van der Waals surface area contributed by atoms with Crippen molar-refractivity contribution >= 4 is 26.8 Å². The highest BCUT2D eigenvalue weighted by molar-refractivity contribution is 7.90. The molecule has 0 aliphatic rings. The van der Waals surface area contributed by atoms with Gasteiger partial charge >= 0.3 is 0 Å². The van der Waals surface area contributed by atoms with E-state index >= 15 is 0 Å². The number of nitrogens with zero attached hydrogens (tertiary/aromatic N) is 3. The SMILES string of the molecule is Cc1nc2ccccc2n1CCC(=O)N(C)[C@@H](C)c1ccc(S(C)(=O)=O)cc1. The molecule has 0 fully saturated rings. The van der Waals surface area contributed by atoms with Crippen molar-refractivity contribution in [1.29, 1.82) is 0 Å². The van der Waals surface area contributed by atoms with Crippen molar-refractivity contribution in [1.82, 2.24) is 14.5 Å². The van der Waals surface area contributed by atoms with Gasteiger partial charge < -0.3 is 9.47 Å². The van der Waals surface area contributed by atoms with Crippen molar-refractivity contribution in [2.75, 3.05) is 13.3 Å². The highest BCUT2D eigenvalue weighted by Crippen LogP contribution is 2.22. The number of carbonyl (C=O) groups excluding carboxylic acids is 1. The van der Waals surface area contributed by atoms with E-state index in [1.807, 2.05) is 38.1 Å². The maximum atomic E-state index is 12.7. The van der Waals surface area contributed by atoms with Gasteiger partial charge in [-0.3, -0.25) is 4.79 Å². The summed E-state index contributed by atoms with van der Waals surface area (Å²) in [6.45, 7) is 4.45. The van der Waals surface area contributed by atoms with Crippen molar-refractivity contribution in [3.05, 3.63) is 59.9 Å². The lowest BCUT2D eigenvalue weighted by Crippen LogP contribution is -2.30. The van der Waals surface area contributed by atoms with Crippen molar-refractivity contribution in [3.8, 4) is 0 Å². The second-order valence-electron chi connectivity index (χ2n) is 7.07. The van der Waals surface area contributed by atoms with E-state index in [0.29, 0.717) is 13.0 Å². The molecule has 0 saturated heterocycles. The van der Waals surface area contributed by atoms with Gasteiger partial charge in [-0.1, -0.05) is 24.3 Å². The molecule has 0 N–H and O–H groups in total. The fourth-order valence-corrected chi connectivity index (χ4v) is 3.93. The van der Waals surface area contributed by atoms with Gasteiger partial charge in [0.25, 0.3) is 0 Å². The van der Waals surface area contributed by atoms with Crippen molar-refractivity contribution in [3.63, 3.8) is 0 Å². The zero-order valence-corrected chi connectivity index (χ0v) is 17.4. The molecule has 1 atom stereocenters. The molecule has 28 heavy (non-hydrogen) atoms. The summed E-state index contributed by atoms with van der Waals surface area (Å²) in [5.74, 6) is 0.915. The molecular weight excluding hydrogens is 374 g/mol. The molecule has 0 unspecified atom stereocenters. The Balaban J connectivity index is 1.69. The van der Waals surface area contributed by atoms with Crippen LogP contribution in [0.3, 0.4) is 0 Å². The number of carbonyl (C=O) groups is 1. The number of hydrogen-bond donors (Lipinski definition) is 0. The summed E-state index contributed by atoms with van der Waals surface area (Å²) in [6.07, 6.45) is 1.55. The molecule has 1 amide bonds. The van der Waals surface area contributed by atoms with Gasteiger partial charge in [-0.15, -0.1) is 0 Å². The quantitative estimate of drug-likeness (QED) is 0.637. The van der Waals surface area contributed by atoms with Crippen LogP contribution in [0.5, 0.6) is 0 Å². The molecule has 7 heteroatoms. The Labute approximate surface area is 165 Å². The number of benzene rings is 2. The predicted octanol–water partition coefficient (Wildman–Crippen LogP) is 3.36. The largest absolute Gasteiger partial charge is 0.339 e. The minimum absolute atomic E-state index is 0.0249. The second-order valence-corrected chi connectivity index (χ2v) is 9.09. The first kappa shape index (κ1) is 20.1. The van der Waals surface area contributed by atoms with E-state index in [9.17, 15) is 13.2 Å². The smallest absolute Gasteiger partial charge is 0.224 e. The van der Waals surface area contributed by atoms with Gasteiger partial charge in [0, 0.05) is 26.3 Å². The van der Waals surface area contributed by atoms with Crippen LogP contribution in [0.4, 0.5) is 0 Å². The van der Waals surface area contributed by atoms with Crippen LogP contribution in [0.1, 0.15) is 30.8 Å². The van der Waals surface area contributed by atoms with Crippen molar-refractivity contribution in [2.45, 2.75) is 37.8 Å². The highest BCUT2D eigenvalue weighted by Gasteiger charge is 2.19. The molecule has 3 rings (SSSR count). The number of para-hydroxylation sites is 2. The first-order chi connectivity index (χ1) is 13.2. The van der Waals surface area contributed by atoms with E-state index in [1.165, 1.54) is 6.26 Å². The Kier molecular flexibility index (Phi) is 5.56. The summed E-state index contributed by atoms with van der Waals surface area (Å²) in [4.78, 5) is 19.2. The topological polar surface area (TPSA) is 72.3 Å². The monoisotopic (exact) mass is 399 g/mol. The van der Waals surface area contributed by atoms with E-state index in [2.05, 4.69) is 9.55 Å². The number of rotatable bonds is 6. The Morgan fingerprint density at radius 3 is 2.43 bits per heavy atom. The molecule has 0 saturated carbocycles. The van der Waals surface area contributed by atoms with E-state index in [0.717, 1.165) is 22.4 Å². The Morgan fingerprint density at radius 1 is 1.14 bits per heavy atom. The summed E-state index contributed by atoms with van der Waals surface area (Å²) in [5, 5.41) is 0. The molecular formula is C21H25N3O3S. The number of aryl methyl sites for hydroxylation is 2. The maximum Gasteiger partial charge on any atom is 0.224 e. The molecule has 0 radical (unpaired) electrons. The summed E-state index contributed by atoms with van der Waals surface area (Å²) in [7, 11) is -1.45. The Hall–Kier alpha value is -2.67. The van der Waals surface area contributed by atoms with Crippen molar-refractivity contribution < 1.29 is 13.2 Å². The molecule has 0 spiro atoms. The average molecular weight is 400 g/mol. The Bertz CT molecular complexity index is 1100. The maximum absolute atomic E-state index is 12.7. The summed E-state index contributed by atoms with van der Waals surface area (Å²) >= 11 is 0. The molecule has 0 bridgehead atoms. The normalized spacial score (nSPS) is 12.9. The third kappa shape index (κ3) is 4.09. The van der Waals surface area contributed by atoms with Gasteiger partial charge in [0.15, 0.2) is 9.84 Å². The molecule has 0 aliphatic carbocycles. The van der Waals surface area contributed by atoms with E-state index in [-0.39, 0.29) is 16.8 Å². The number of imidazole rings is 1. The van der Waals surface area contributed by atoms with Crippen molar-refractivity contribution in [2.24, 2.45) is 0 Å². The first-order valence-electron chi connectivity index (χ1n) is 9.16. The molecule has 2 aromatic carbocycles. The van der Waals surface area contributed by atoms with Crippen LogP contribution in [0.15, 0.2) is 53.4 Å². The Morgan fingerprint density at radius 2 is 1.79 bits per heavy atom. The van der Waals surface area contributed by atoms with Gasteiger partial charge in [0.1, 0.15) is 5.82 Å². The van der Waals surface area contributed by atoms with E-state index < -0.39 is 9.84 Å². The van der Waals surface area contributed by atoms with Crippen LogP contribution < -0.4 is 0 Å². The van der Waals surface area contributed by atoms with Crippen LogP contribution in [-0.2, 0) is 21.2 Å². The van der Waals surface area contributed by atoms with Gasteiger partial charge in [-0.2, -0.15) is 0 Å². The van der Waals surface area contributed by atoms with Crippen LogP contribution in [0.2, 0.25) is 0 Å². The van der Waals surface area contributed by atoms with Gasteiger partial charge in [-0.05, 0) is 43.7 Å². The minimum atomic E-state index is -3.23. The molecule has 1 heterocycles. The first-order valence-corrected chi connectivity index (χ1v) is 11.0. The van der Waals surface area contributed by atoms with E-state index in [4.69, 9.17) is 0 Å². The molecule has 148 valence electrons. The fraction of sp³-hybridized carbons (Fsp3) is 0.333. The lowest BCUT2D eigenvalue weighted by Gasteiger charge is -2.26. The molecule has 6 nitrogen and oxygen atoms in total. The number of amides is 1. The summed E-state index contributed by atoms with van der Waals surface area (Å²) in [5.41, 5.74) is 2.85. The lowest BCUT2D eigenvalue weighted by atomic mass is 10.1. The standard InChI is InChI=1S/C21H25N3O3S/c1-15(17-9-11-18(12-10-17)28(4,26)27)23(3)21(25)13-14-24-16(2)22-19-7-5-6-8-20(19)24/h5-12,15H,13-14H2,1-4H3/t15-/m0/s1. The molecule has 3 aromatic rings. The third-order valence-corrected chi connectivity index (χ3v) is 6.29. The van der Waals surface area contributed by atoms with Crippen LogP contribution in [0, 0.1) is 6.92 Å². The molecule has 1 aromatic heterocycles. The number of sulfone groups is 1.